The Morgan fingerprint density at radius 1 is 1.21 bits per heavy atom. The van der Waals surface area contributed by atoms with Gasteiger partial charge in [0, 0.05) is 19.2 Å². The van der Waals surface area contributed by atoms with Crippen molar-refractivity contribution in [2.24, 2.45) is 7.05 Å². The highest BCUT2D eigenvalue weighted by Gasteiger charge is 2.30. The summed E-state index contributed by atoms with van der Waals surface area (Å²) in [5.41, 5.74) is 1.62. The first-order chi connectivity index (χ1) is 11.6. The number of hydrogen-bond acceptors (Lipinski definition) is 4. The molecule has 2 aromatic heterocycles. The number of imidazole rings is 1. The number of rotatable bonds is 2. The largest absolute Gasteiger partial charge is 0.330 e. The summed E-state index contributed by atoms with van der Waals surface area (Å²) in [4.78, 5) is 18.6. The summed E-state index contributed by atoms with van der Waals surface area (Å²) in [5, 5.41) is 8.67. The van der Waals surface area contributed by atoms with Crippen molar-refractivity contribution in [3.63, 3.8) is 0 Å². The number of aromatic nitrogens is 5. The predicted octanol–water partition coefficient (Wildman–Crippen LogP) is 1.90. The average molecular weight is 322 g/mol. The third-order valence-corrected chi connectivity index (χ3v) is 4.38. The molecule has 1 aliphatic rings. The molecule has 0 saturated carbocycles. The highest BCUT2D eigenvalue weighted by atomic mass is 16.2. The molecule has 0 N–H and O–H groups in total. The lowest BCUT2D eigenvalue weighted by atomic mass is 10.1. The third kappa shape index (κ3) is 2.29. The molecule has 3 heterocycles. The van der Waals surface area contributed by atoms with E-state index in [1.165, 1.54) is 0 Å². The van der Waals surface area contributed by atoms with Crippen LogP contribution in [0, 0.1) is 0 Å². The second-order valence-corrected chi connectivity index (χ2v) is 6.10. The number of nitrogens with zero attached hydrogens (tertiary/aromatic N) is 6. The maximum Gasteiger partial charge on any atom is 0.272 e. The summed E-state index contributed by atoms with van der Waals surface area (Å²) in [6, 6.07) is 10.1. The van der Waals surface area contributed by atoms with Crippen molar-refractivity contribution in [3.8, 4) is 11.4 Å². The van der Waals surface area contributed by atoms with Crippen molar-refractivity contribution in [3.05, 3.63) is 54.4 Å². The molecule has 122 valence electrons. The molecule has 0 fully saturated rings. The maximum absolute atomic E-state index is 12.7. The molecule has 7 nitrogen and oxygen atoms in total. The van der Waals surface area contributed by atoms with E-state index in [1.54, 1.807) is 22.0 Å². The zero-order chi connectivity index (χ0) is 16.7. The Labute approximate surface area is 139 Å². The highest BCUT2D eigenvalue weighted by molar-refractivity contribution is 5.92. The molecule has 0 spiro atoms. The monoisotopic (exact) mass is 322 g/mol. The molecular formula is C17H18N6O. The Kier molecular flexibility index (Phi) is 3.41. The van der Waals surface area contributed by atoms with Crippen molar-refractivity contribution in [2.75, 3.05) is 6.54 Å². The fourth-order valence-corrected chi connectivity index (χ4v) is 3.19. The van der Waals surface area contributed by atoms with Crippen LogP contribution in [0.3, 0.4) is 0 Å². The maximum atomic E-state index is 12.7. The predicted molar refractivity (Wildman–Crippen MR) is 88.1 cm³/mol. The van der Waals surface area contributed by atoms with Crippen LogP contribution in [-0.2, 0) is 13.6 Å². The van der Waals surface area contributed by atoms with Gasteiger partial charge in [-0.25, -0.2) is 4.98 Å². The van der Waals surface area contributed by atoms with Crippen molar-refractivity contribution in [1.82, 2.24) is 29.2 Å². The molecule has 7 heteroatoms. The van der Waals surface area contributed by atoms with Crippen LogP contribution in [0.2, 0.25) is 0 Å². The van der Waals surface area contributed by atoms with Crippen LogP contribution in [0.25, 0.3) is 11.4 Å². The van der Waals surface area contributed by atoms with E-state index in [4.69, 9.17) is 0 Å². The van der Waals surface area contributed by atoms with Gasteiger partial charge in [-0.05, 0) is 6.92 Å². The molecule has 1 aromatic carbocycles. The number of aryl methyl sites for hydroxylation is 1. The van der Waals surface area contributed by atoms with Gasteiger partial charge in [0.1, 0.15) is 5.69 Å². The van der Waals surface area contributed by atoms with Gasteiger partial charge >= 0.3 is 0 Å². The second-order valence-electron chi connectivity index (χ2n) is 6.10. The van der Waals surface area contributed by atoms with Crippen LogP contribution in [0.4, 0.5) is 0 Å². The van der Waals surface area contributed by atoms with E-state index in [0.717, 1.165) is 17.2 Å². The van der Waals surface area contributed by atoms with Crippen LogP contribution in [-0.4, -0.2) is 41.7 Å². The lowest BCUT2D eigenvalue weighted by Gasteiger charge is -2.32. The Morgan fingerprint density at radius 2 is 2.00 bits per heavy atom. The molecule has 3 aromatic rings. The SMILES string of the molecule is C[C@H]1CN(C(=O)c2cncn2C)Cc2nnc(-c3ccccc3)n21. The zero-order valence-electron chi connectivity index (χ0n) is 13.6. The van der Waals surface area contributed by atoms with Gasteiger partial charge in [0.25, 0.3) is 5.91 Å². The molecular weight excluding hydrogens is 304 g/mol. The second kappa shape index (κ2) is 5.59. The van der Waals surface area contributed by atoms with Crippen LogP contribution in [0.15, 0.2) is 42.9 Å². The molecule has 0 unspecified atom stereocenters. The Bertz CT molecular complexity index is 882. The molecule has 24 heavy (non-hydrogen) atoms. The smallest absolute Gasteiger partial charge is 0.272 e. The summed E-state index contributed by atoms with van der Waals surface area (Å²) >= 11 is 0. The van der Waals surface area contributed by atoms with Gasteiger partial charge in [-0.1, -0.05) is 30.3 Å². The van der Waals surface area contributed by atoms with Crippen LogP contribution in [0.1, 0.15) is 29.3 Å². The quantitative estimate of drug-likeness (QED) is 0.722. The summed E-state index contributed by atoms with van der Waals surface area (Å²) < 4.78 is 3.87. The Balaban J connectivity index is 1.66. The molecule has 1 aliphatic heterocycles. The van der Waals surface area contributed by atoms with Crippen molar-refractivity contribution in [2.45, 2.75) is 19.5 Å². The van der Waals surface area contributed by atoms with Crippen LogP contribution < -0.4 is 0 Å². The lowest BCUT2D eigenvalue weighted by molar-refractivity contribution is 0.0672. The lowest BCUT2D eigenvalue weighted by Crippen LogP contribution is -2.41. The number of benzene rings is 1. The van der Waals surface area contributed by atoms with E-state index in [1.807, 2.05) is 37.4 Å². The number of hydrogen-bond donors (Lipinski definition) is 0. The molecule has 0 bridgehead atoms. The number of amides is 1. The number of fused-ring (bicyclic) bond motifs is 1. The van der Waals surface area contributed by atoms with Crippen molar-refractivity contribution in [1.29, 1.82) is 0 Å². The van der Waals surface area contributed by atoms with Gasteiger partial charge in [-0.3, -0.25) is 4.79 Å². The fourth-order valence-electron chi connectivity index (χ4n) is 3.19. The minimum Gasteiger partial charge on any atom is -0.330 e. The minimum atomic E-state index is -0.0302. The molecule has 1 atom stereocenters. The minimum absolute atomic E-state index is 0.0302. The number of carbonyl (C=O) groups is 1. The molecule has 0 radical (unpaired) electrons. The van der Waals surface area contributed by atoms with Crippen LogP contribution in [0.5, 0.6) is 0 Å². The summed E-state index contributed by atoms with van der Waals surface area (Å²) in [6.07, 6.45) is 3.23. The third-order valence-electron chi connectivity index (χ3n) is 4.38. The summed E-state index contributed by atoms with van der Waals surface area (Å²) in [7, 11) is 1.82. The topological polar surface area (TPSA) is 68.8 Å². The molecule has 4 rings (SSSR count). The summed E-state index contributed by atoms with van der Waals surface area (Å²) in [5.74, 6) is 1.63. The summed E-state index contributed by atoms with van der Waals surface area (Å²) in [6.45, 7) is 3.16. The Morgan fingerprint density at radius 3 is 2.71 bits per heavy atom. The van der Waals surface area contributed by atoms with Crippen molar-refractivity contribution >= 4 is 5.91 Å². The van der Waals surface area contributed by atoms with Gasteiger partial charge in [0.05, 0.1) is 25.1 Å². The van der Waals surface area contributed by atoms with Gasteiger partial charge < -0.3 is 14.0 Å². The van der Waals surface area contributed by atoms with Crippen LogP contribution >= 0.6 is 0 Å². The Hall–Kier alpha value is -2.96. The van der Waals surface area contributed by atoms with Crippen molar-refractivity contribution < 1.29 is 4.79 Å². The van der Waals surface area contributed by atoms with Gasteiger partial charge in [0.2, 0.25) is 0 Å². The highest BCUT2D eigenvalue weighted by Crippen LogP contribution is 2.27. The van der Waals surface area contributed by atoms with E-state index < -0.39 is 0 Å². The van der Waals surface area contributed by atoms with E-state index >= 15 is 0 Å². The fraction of sp³-hybridized carbons (Fsp3) is 0.294. The van der Waals surface area contributed by atoms with E-state index in [-0.39, 0.29) is 11.9 Å². The van der Waals surface area contributed by atoms with Gasteiger partial charge in [-0.2, -0.15) is 0 Å². The zero-order valence-corrected chi connectivity index (χ0v) is 13.6. The van der Waals surface area contributed by atoms with E-state index in [9.17, 15) is 4.79 Å². The normalized spacial score (nSPS) is 16.9. The van der Waals surface area contributed by atoms with Gasteiger partial charge in [-0.15, -0.1) is 10.2 Å². The first-order valence-electron chi connectivity index (χ1n) is 7.90. The molecule has 0 saturated heterocycles. The van der Waals surface area contributed by atoms with E-state index in [2.05, 4.69) is 26.7 Å². The molecule has 1 amide bonds. The first-order valence-corrected chi connectivity index (χ1v) is 7.90. The average Bonchev–Trinajstić information content (AvgIpc) is 3.21. The standard InChI is InChI=1S/C17H18N6O/c1-12-9-22(17(24)14-8-18-11-21(14)2)10-15-19-20-16(23(12)15)13-6-4-3-5-7-13/h3-8,11-12H,9-10H2,1-2H3/t12-/m0/s1. The first kappa shape index (κ1) is 14.6. The molecule has 0 aliphatic carbocycles. The number of carbonyl (C=O) groups excluding carboxylic acids is 1. The van der Waals surface area contributed by atoms with E-state index in [0.29, 0.717) is 18.8 Å². The van der Waals surface area contributed by atoms with Gasteiger partial charge in [0.15, 0.2) is 11.6 Å².